The molecule has 1 N–H and O–H groups in total. The lowest BCUT2D eigenvalue weighted by Crippen LogP contribution is -2.22. The van der Waals surface area contributed by atoms with Gasteiger partial charge in [-0.2, -0.15) is 0 Å². The number of ether oxygens (including phenoxy) is 1. The molecule has 1 heterocycles. The van der Waals surface area contributed by atoms with Crippen LogP contribution in [0.3, 0.4) is 0 Å². The Bertz CT molecular complexity index is 367. The molecule has 1 aliphatic rings. The van der Waals surface area contributed by atoms with Crippen LogP contribution in [0.2, 0.25) is 0 Å². The average Bonchev–Trinajstić information content (AvgIpc) is 2.97. The quantitative estimate of drug-likeness (QED) is 0.834. The van der Waals surface area contributed by atoms with E-state index in [-0.39, 0.29) is 0 Å². The summed E-state index contributed by atoms with van der Waals surface area (Å²) in [7, 11) is 2.04. The first-order valence-corrected chi connectivity index (χ1v) is 7.63. The highest BCUT2D eigenvalue weighted by molar-refractivity contribution is 5.27. The van der Waals surface area contributed by atoms with Crippen LogP contribution in [0.4, 0.5) is 0 Å². The van der Waals surface area contributed by atoms with Gasteiger partial charge in [0.15, 0.2) is 0 Å². The first kappa shape index (κ1) is 14.5. The zero-order valence-electron chi connectivity index (χ0n) is 12.5. The molecule has 0 amide bonds. The van der Waals surface area contributed by atoms with Gasteiger partial charge in [-0.3, -0.25) is 0 Å². The van der Waals surface area contributed by atoms with Crippen LogP contribution in [0, 0.1) is 0 Å². The van der Waals surface area contributed by atoms with Crippen molar-refractivity contribution in [3.05, 3.63) is 35.4 Å². The van der Waals surface area contributed by atoms with E-state index in [1.807, 2.05) is 7.05 Å². The van der Waals surface area contributed by atoms with Gasteiger partial charge in [0.05, 0.1) is 6.10 Å². The van der Waals surface area contributed by atoms with Crippen LogP contribution in [0.25, 0.3) is 0 Å². The Balaban J connectivity index is 2.01. The molecule has 2 rings (SSSR count). The lowest BCUT2D eigenvalue weighted by atomic mass is 9.94. The van der Waals surface area contributed by atoms with Gasteiger partial charge in [0.25, 0.3) is 0 Å². The van der Waals surface area contributed by atoms with Gasteiger partial charge in [-0.25, -0.2) is 0 Å². The molecule has 0 aliphatic carbocycles. The van der Waals surface area contributed by atoms with Crippen LogP contribution in [0.1, 0.15) is 62.6 Å². The van der Waals surface area contributed by atoms with E-state index in [1.165, 1.54) is 30.4 Å². The third-order valence-electron chi connectivity index (χ3n) is 4.39. The first-order chi connectivity index (χ1) is 9.24. The Morgan fingerprint density at radius 3 is 2.47 bits per heavy atom. The Labute approximate surface area is 117 Å². The zero-order valence-corrected chi connectivity index (χ0v) is 12.5. The van der Waals surface area contributed by atoms with Crippen molar-refractivity contribution in [2.24, 2.45) is 0 Å². The SMILES string of the molecule is CCC(C)c1ccc(C(CC2CCCO2)NC)cc1. The van der Waals surface area contributed by atoms with Crippen molar-refractivity contribution in [3.8, 4) is 0 Å². The average molecular weight is 261 g/mol. The molecule has 2 heteroatoms. The molecule has 106 valence electrons. The van der Waals surface area contributed by atoms with Crippen molar-refractivity contribution in [3.63, 3.8) is 0 Å². The summed E-state index contributed by atoms with van der Waals surface area (Å²) in [5.74, 6) is 0.653. The Morgan fingerprint density at radius 1 is 1.26 bits per heavy atom. The van der Waals surface area contributed by atoms with Crippen LogP contribution < -0.4 is 5.32 Å². The fourth-order valence-corrected chi connectivity index (χ4v) is 2.81. The zero-order chi connectivity index (χ0) is 13.7. The van der Waals surface area contributed by atoms with E-state index in [0.29, 0.717) is 18.1 Å². The maximum atomic E-state index is 5.75. The summed E-state index contributed by atoms with van der Waals surface area (Å²) in [6, 6.07) is 9.52. The van der Waals surface area contributed by atoms with Gasteiger partial charge in [-0.05, 0) is 49.8 Å². The molecule has 3 unspecified atom stereocenters. The van der Waals surface area contributed by atoms with E-state index in [2.05, 4.69) is 43.4 Å². The number of nitrogens with one attached hydrogen (secondary N) is 1. The normalized spacial score (nSPS) is 22.4. The molecule has 1 aliphatic heterocycles. The fraction of sp³-hybridized carbons (Fsp3) is 0.647. The maximum Gasteiger partial charge on any atom is 0.0594 e. The highest BCUT2D eigenvalue weighted by atomic mass is 16.5. The van der Waals surface area contributed by atoms with Crippen LogP contribution in [0.5, 0.6) is 0 Å². The minimum atomic E-state index is 0.411. The van der Waals surface area contributed by atoms with E-state index in [0.717, 1.165) is 13.0 Å². The van der Waals surface area contributed by atoms with Gasteiger partial charge >= 0.3 is 0 Å². The molecule has 0 saturated carbocycles. The Hall–Kier alpha value is -0.860. The summed E-state index contributed by atoms with van der Waals surface area (Å²) in [5.41, 5.74) is 2.82. The van der Waals surface area contributed by atoms with Crippen molar-refractivity contribution in [1.82, 2.24) is 5.32 Å². The first-order valence-electron chi connectivity index (χ1n) is 7.63. The molecule has 1 fully saturated rings. The van der Waals surface area contributed by atoms with Crippen LogP contribution in [-0.2, 0) is 4.74 Å². The van der Waals surface area contributed by atoms with E-state index < -0.39 is 0 Å². The van der Waals surface area contributed by atoms with E-state index >= 15 is 0 Å². The molecule has 19 heavy (non-hydrogen) atoms. The molecule has 0 spiro atoms. The second-order valence-corrected chi connectivity index (χ2v) is 5.69. The monoisotopic (exact) mass is 261 g/mol. The topological polar surface area (TPSA) is 21.3 Å². The molecule has 1 aromatic rings. The molecule has 0 aromatic heterocycles. The highest BCUT2D eigenvalue weighted by Crippen LogP contribution is 2.26. The van der Waals surface area contributed by atoms with Crippen LogP contribution in [-0.4, -0.2) is 19.8 Å². The molecular formula is C17H27NO. The van der Waals surface area contributed by atoms with Crippen molar-refractivity contribution >= 4 is 0 Å². The third-order valence-corrected chi connectivity index (χ3v) is 4.39. The summed E-state index contributed by atoms with van der Waals surface area (Å²) < 4.78 is 5.75. The van der Waals surface area contributed by atoms with Gasteiger partial charge in [0.1, 0.15) is 0 Å². The molecule has 3 atom stereocenters. The molecule has 2 nitrogen and oxygen atoms in total. The van der Waals surface area contributed by atoms with Gasteiger partial charge < -0.3 is 10.1 Å². The number of hydrogen-bond donors (Lipinski definition) is 1. The smallest absolute Gasteiger partial charge is 0.0594 e. The number of benzene rings is 1. The fourth-order valence-electron chi connectivity index (χ4n) is 2.81. The summed E-state index contributed by atoms with van der Waals surface area (Å²) in [4.78, 5) is 0. The van der Waals surface area contributed by atoms with Crippen LogP contribution >= 0.6 is 0 Å². The maximum absolute atomic E-state index is 5.75. The van der Waals surface area contributed by atoms with Crippen molar-refractivity contribution < 1.29 is 4.74 Å². The Kier molecular flexibility index (Phi) is 5.41. The summed E-state index contributed by atoms with van der Waals surface area (Å²) >= 11 is 0. The summed E-state index contributed by atoms with van der Waals surface area (Å²) in [6.45, 7) is 5.47. The molecule has 1 aromatic carbocycles. The largest absolute Gasteiger partial charge is 0.378 e. The van der Waals surface area contributed by atoms with E-state index in [9.17, 15) is 0 Å². The number of rotatable bonds is 6. The van der Waals surface area contributed by atoms with Gasteiger partial charge in [-0.15, -0.1) is 0 Å². The predicted octanol–water partition coefficient (Wildman–Crippen LogP) is 4.03. The Morgan fingerprint density at radius 2 is 1.95 bits per heavy atom. The van der Waals surface area contributed by atoms with Crippen molar-refractivity contribution in [2.75, 3.05) is 13.7 Å². The van der Waals surface area contributed by atoms with E-state index in [4.69, 9.17) is 4.74 Å². The standard InChI is InChI=1S/C17H27NO/c1-4-13(2)14-7-9-15(10-8-14)17(18-3)12-16-6-5-11-19-16/h7-10,13,16-18H,4-6,11-12H2,1-3H3. The van der Waals surface area contributed by atoms with Crippen LogP contribution in [0.15, 0.2) is 24.3 Å². The summed E-state index contributed by atoms with van der Waals surface area (Å²) in [5, 5.41) is 3.43. The minimum absolute atomic E-state index is 0.411. The molecule has 0 radical (unpaired) electrons. The molecular weight excluding hydrogens is 234 g/mol. The molecule has 0 bridgehead atoms. The minimum Gasteiger partial charge on any atom is -0.378 e. The highest BCUT2D eigenvalue weighted by Gasteiger charge is 2.21. The second-order valence-electron chi connectivity index (χ2n) is 5.69. The lowest BCUT2D eigenvalue weighted by Gasteiger charge is -2.21. The van der Waals surface area contributed by atoms with Gasteiger partial charge in [-0.1, -0.05) is 38.1 Å². The molecule has 1 saturated heterocycles. The lowest BCUT2D eigenvalue weighted by molar-refractivity contribution is 0.0954. The van der Waals surface area contributed by atoms with Gasteiger partial charge in [0, 0.05) is 12.6 Å². The number of hydrogen-bond acceptors (Lipinski definition) is 2. The van der Waals surface area contributed by atoms with Crippen molar-refractivity contribution in [1.29, 1.82) is 0 Å². The predicted molar refractivity (Wildman–Crippen MR) is 80.5 cm³/mol. The third kappa shape index (κ3) is 3.80. The summed E-state index contributed by atoms with van der Waals surface area (Å²) in [6.07, 6.45) is 5.15. The van der Waals surface area contributed by atoms with Crippen molar-refractivity contribution in [2.45, 2.75) is 57.6 Å². The van der Waals surface area contributed by atoms with Gasteiger partial charge in [0.2, 0.25) is 0 Å². The van der Waals surface area contributed by atoms with E-state index in [1.54, 1.807) is 0 Å². The second kappa shape index (κ2) is 7.06.